The highest BCUT2D eigenvalue weighted by atomic mass is 32.1. The second-order valence-corrected chi connectivity index (χ2v) is 11.4. The number of aromatic nitrogens is 2. The number of ether oxygens (including phenoxy) is 1. The van der Waals surface area contributed by atoms with E-state index >= 15 is 0 Å². The number of thiophene rings is 1. The molecule has 1 saturated carbocycles. The molecule has 2 amide bonds. The van der Waals surface area contributed by atoms with Crippen LogP contribution in [0.1, 0.15) is 36.9 Å². The van der Waals surface area contributed by atoms with Crippen LogP contribution >= 0.6 is 11.3 Å². The molecule has 1 aliphatic carbocycles. The van der Waals surface area contributed by atoms with E-state index in [-0.39, 0.29) is 24.2 Å². The number of halogens is 2. The average Bonchev–Trinajstić information content (AvgIpc) is 3.72. The van der Waals surface area contributed by atoms with E-state index in [0.717, 1.165) is 28.1 Å². The van der Waals surface area contributed by atoms with Gasteiger partial charge < -0.3 is 15.4 Å². The van der Waals surface area contributed by atoms with Crippen molar-refractivity contribution in [2.24, 2.45) is 0 Å². The Morgan fingerprint density at radius 2 is 1.79 bits per heavy atom. The minimum absolute atomic E-state index is 0.239. The molecule has 0 atom stereocenters. The van der Waals surface area contributed by atoms with Gasteiger partial charge in [0.1, 0.15) is 16.5 Å². The topological polar surface area (TPSA) is 97.6 Å². The summed E-state index contributed by atoms with van der Waals surface area (Å²) in [7, 11) is 3.53. The molecular weight excluding hydrogens is 564 g/mol. The normalized spacial score (nSPS) is 13.2. The van der Waals surface area contributed by atoms with E-state index < -0.39 is 22.9 Å². The Morgan fingerprint density at radius 3 is 2.40 bits per heavy atom. The maximum absolute atomic E-state index is 14.8. The van der Waals surface area contributed by atoms with Crippen LogP contribution in [0.4, 0.5) is 19.3 Å². The van der Waals surface area contributed by atoms with Crippen molar-refractivity contribution in [3.05, 3.63) is 86.1 Å². The van der Waals surface area contributed by atoms with Crippen LogP contribution in [0.25, 0.3) is 20.7 Å². The number of fused-ring (bicyclic) bond motifs is 1. The number of amides is 2. The largest absolute Gasteiger partial charge is 0.383 e. The van der Waals surface area contributed by atoms with Crippen molar-refractivity contribution in [2.75, 3.05) is 39.2 Å². The summed E-state index contributed by atoms with van der Waals surface area (Å²) >= 11 is 1.24. The second-order valence-electron chi connectivity index (χ2n) is 10.4. The lowest BCUT2D eigenvalue weighted by Crippen LogP contribution is -2.40. The van der Waals surface area contributed by atoms with Crippen molar-refractivity contribution in [2.45, 2.75) is 38.9 Å². The van der Waals surface area contributed by atoms with E-state index in [9.17, 15) is 23.2 Å². The summed E-state index contributed by atoms with van der Waals surface area (Å²) in [5.74, 6) is -1.52. The minimum Gasteiger partial charge on any atom is -0.383 e. The van der Waals surface area contributed by atoms with Gasteiger partial charge in [0.2, 0.25) is 0 Å². The van der Waals surface area contributed by atoms with Gasteiger partial charge in [-0.05, 0) is 62.2 Å². The number of likely N-dealkylation sites (N-methyl/N-ethyl adjacent to an activating group) is 1. The van der Waals surface area contributed by atoms with Gasteiger partial charge in [-0.15, -0.1) is 11.3 Å². The molecule has 1 fully saturated rings. The van der Waals surface area contributed by atoms with Gasteiger partial charge in [0.25, 0.3) is 5.56 Å². The SMILES string of the molecule is CCNC(=O)Nc1ccc(-c2sc3c(c2CN(C)CCOC)c(=O)n(C2CC2)c(=O)n3Cc2c(F)cccc2F)cc1. The molecule has 0 saturated heterocycles. The number of nitrogens with zero attached hydrogens (tertiary/aromatic N) is 3. The van der Waals surface area contributed by atoms with Crippen molar-refractivity contribution >= 4 is 33.3 Å². The number of hydrogen-bond acceptors (Lipinski definition) is 6. The summed E-state index contributed by atoms with van der Waals surface area (Å²) in [4.78, 5) is 42.8. The van der Waals surface area contributed by atoms with Crippen molar-refractivity contribution in [1.29, 1.82) is 0 Å². The smallest absolute Gasteiger partial charge is 0.332 e. The van der Waals surface area contributed by atoms with Crippen LogP contribution in [0.2, 0.25) is 0 Å². The van der Waals surface area contributed by atoms with Gasteiger partial charge in [-0.3, -0.25) is 18.8 Å². The lowest BCUT2D eigenvalue weighted by atomic mass is 10.1. The Kier molecular flexibility index (Phi) is 8.85. The van der Waals surface area contributed by atoms with E-state index in [2.05, 4.69) is 10.6 Å². The number of nitrogens with one attached hydrogen (secondary N) is 2. The maximum Gasteiger partial charge on any atom is 0.332 e. The average molecular weight is 598 g/mol. The Morgan fingerprint density at radius 1 is 1.10 bits per heavy atom. The fourth-order valence-electron chi connectivity index (χ4n) is 4.94. The lowest BCUT2D eigenvalue weighted by Gasteiger charge is -2.17. The summed E-state index contributed by atoms with van der Waals surface area (Å²) in [5.41, 5.74) is 0.881. The van der Waals surface area contributed by atoms with Crippen molar-refractivity contribution in [1.82, 2.24) is 19.4 Å². The van der Waals surface area contributed by atoms with Gasteiger partial charge >= 0.3 is 11.7 Å². The number of rotatable bonds is 11. The first-order chi connectivity index (χ1) is 20.2. The van der Waals surface area contributed by atoms with Crippen molar-refractivity contribution in [3.63, 3.8) is 0 Å². The zero-order chi connectivity index (χ0) is 30.0. The monoisotopic (exact) mass is 597 g/mol. The molecule has 0 radical (unpaired) electrons. The third-order valence-electron chi connectivity index (χ3n) is 7.24. The molecule has 2 aromatic heterocycles. The number of urea groups is 1. The van der Waals surface area contributed by atoms with Gasteiger partial charge in [-0.1, -0.05) is 18.2 Å². The molecule has 42 heavy (non-hydrogen) atoms. The molecule has 4 aromatic rings. The zero-order valence-corrected chi connectivity index (χ0v) is 24.5. The van der Waals surface area contributed by atoms with Gasteiger partial charge in [0.15, 0.2) is 0 Å². The molecule has 222 valence electrons. The fraction of sp³-hybridized carbons (Fsp3) is 0.367. The number of methoxy groups -OCH3 is 1. The first-order valence-electron chi connectivity index (χ1n) is 13.8. The van der Waals surface area contributed by atoms with Gasteiger partial charge in [-0.25, -0.2) is 18.4 Å². The fourth-order valence-corrected chi connectivity index (χ4v) is 6.25. The highest BCUT2D eigenvalue weighted by molar-refractivity contribution is 7.22. The van der Waals surface area contributed by atoms with Crippen LogP contribution in [0.15, 0.2) is 52.1 Å². The van der Waals surface area contributed by atoms with Crippen LogP contribution in [-0.4, -0.2) is 53.9 Å². The molecule has 0 spiro atoms. The van der Waals surface area contributed by atoms with Gasteiger partial charge in [0.05, 0.1) is 18.5 Å². The zero-order valence-electron chi connectivity index (χ0n) is 23.7. The predicted molar refractivity (Wildman–Crippen MR) is 160 cm³/mol. The third-order valence-corrected chi connectivity index (χ3v) is 8.54. The molecule has 0 unspecified atom stereocenters. The van der Waals surface area contributed by atoms with Crippen LogP contribution in [0, 0.1) is 11.6 Å². The summed E-state index contributed by atoms with van der Waals surface area (Å²) in [6, 6.07) is 10.2. The van der Waals surface area contributed by atoms with Crippen LogP contribution in [0.5, 0.6) is 0 Å². The van der Waals surface area contributed by atoms with E-state index in [1.807, 2.05) is 31.0 Å². The van der Waals surface area contributed by atoms with Gasteiger partial charge in [-0.2, -0.15) is 0 Å². The molecule has 9 nitrogen and oxygen atoms in total. The Balaban J connectivity index is 1.71. The number of hydrogen-bond donors (Lipinski definition) is 2. The molecule has 12 heteroatoms. The molecular formula is C30H33F2N5O4S. The maximum atomic E-state index is 14.8. The first-order valence-corrected chi connectivity index (χ1v) is 14.6. The molecule has 2 aromatic carbocycles. The number of anilines is 1. The lowest BCUT2D eigenvalue weighted by molar-refractivity contribution is 0.159. The van der Waals surface area contributed by atoms with Crippen LogP contribution < -0.4 is 21.9 Å². The summed E-state index contributed by atoms with van der Waals surface area (Å²) in [6.07, 6.45) is 1.38. The Labute approximate surface area is 245 Å². The second kappa shape index (κ2) is 12.6. The number of benzene rings is 2. The van der Waals surface area contributed by atoms with Crippen molar-refractivity contribution in [3.8, 4) is 10.4 Å². The van der Waals surface area contributed by atoms with E-state index in [1.54, 1.807) is 19.2 Å². The number of carbonyl (C=O) groups excluding carboxylic acids is 1. The molecule has 2 N–H and O–H groups in total. The predicted octanol–water partition coefficient (Wildman–Crippen LogP) is 4.77. The highest BCUT2D eigenvalue weighted by Gasteiger charge is 2.32. The van der Waals surface area contributed by atoms with E-state index in [0.29, 0.717) is 55.0 Å². The van der Waals surface area contributed by atoms with E-state index in [4.69, 9.17) is 4.74 Å². The number of carbonyl (C=O) groups is 1. The Hall–Kier alpha value is -3.87. The Bertz CT molecular complexity index is 1710. The van der Waals surface area contributed by atoms with Gasteiger partial charge in [0, 0.05) is 48.9 Å². The first kappa shape index (κ1) is 29.6. The standard InChI is InChI=1S/C30H33F2N5O4S/c1-4-33-29(39)34-19-10-8-18(9-11-19)26-22(16-35(2)14-15-41-3)25-27(38)37(20-12-13-20)30(40)36(28(25)42-26)17-21-23(31)6-5-7-24(21)32/h5-11,20H,4,12-17H2,1-3H3,(H2,33,34,39). The molecule has 1 aliphatic rings. The molecule has 2 heterocycles. The summed E-state index contributed by atoms with van der Waals surface area (Å²) in [6.45, 7) is 3.42. The minimum atomic E-state index is -0.759. The quantitative estimate of drug-likeness (QED) is 0.260. The van der Waals surface area contributed by atoms with Crippen molar-refractivity contribution < 1.29 is 18.3 Å². The highest BCUT2D eigenvalue weighted by Crippen LogP contribution is 2.39. The van der Waals surface area contributed by atoms with Crippen LogP contribution in [-0.2, 0) is 17.8 Å². The van der Waals surface area contributed by atoms with E-state index in [1.165, 1.54) is 26.5 Å². The molecule has 5 rings (SSSR count). The summed E-state index contributed by atoms with van der Waals surface area (Å²) in [5, 5.41) is 5.82. The molecule has 0 bridgehead atoms. The third kappa shape index (κ3) is 6.01. The molecule has 0 aliphatic heterocycles. The summed E-state index contributed by atoms with van der Waals surface area (Å²) < 4.78 is 37.3. The van der Waals surface area contributed by atoms with Crippen LogP contribution in [0.3, 0.4) is 0 Å².